The van der Waals surface area contributed by atoms with Gasteiger partial charge in [0.15, 0.2) is 0 Å². The number of fused-ring (bicyclic) bond motifs is 2. The molecule has 0 atom stereocenters. The van der Waals surface area contributed by atoms with Crippen molar-refractivity contribution in [2.24, 2.45) is 0 Å². The number of halogens is 3. The first-order valence-electron chi connectivity index (χ1n) is 24.2. The number of aromatic nitrogens is 3. The van der Waals surface area contributed by atoms with Gasteiger partial charge in [0.2, 0.25) is 0 Å². The van der Waals surface area contributed by atoms with Gasteiger partial charge in [-0.05, 0) is 95.6 Å². The van der Waals surface area contributed by atoms with Crippen LogP contribution in [0.4, 0.5) is 18.9 Å². The fraction of sp³-hybridized carbons (Fsp3) is 0.396. The molecule has 3 aromatic carbocycles. The molecule has 2 saturated heterocycles. The topological polar surface area (TPSA) is 171 Å². The molecule has 3 aromatic heterocycles. The minimum Gasteiger partial charge on any atom is -0.377 e. The Bertz CT molecular complexity index is 2830. The highest BCUT2D eigenvalue weighted by atomic mass is 19.4. The van der Waals surface area contributed by atoms with Gasteiger partial charge >= 0.3 is 6.18 Å². The number of nitrogens with one attached hydrogen (secondary N) is 3. The highest BCUT2D eigenvalue weighted by molar-refractivity contribution is 6.08. The third-order valence-corrected chi connectivity index (χ3v) is 13.0. The summed E-state index contributed by atoms with van der Waals surface area (Å²) in [6, 6.07) is 23.3. The van der Waals surface area contributed by atoms with Gasteiger partial charge < -0.3 is 39.6 Å². The van der Waals surface area contributed by atoms with Crippen LogP contribution in [0.5, 0.6) is 0 Å². The fourth-order valence-electron chi connectivity index (χ4n) is 9.09. The number of ether oxygens (including phenoxy) is 3. The first-order valence-corrected chi connectivity index (χ1v) is 24.2. The first-order chi connectivity index (χ1) is 34.4. The van der Waals surface area contributed by atoms with Crippen molar-refractivity contribution in [2.45, 2.75) is 44.8 Å². The lowest BCUT2D eigenvalue weighted by molar-refractivity contribution is -0.136. The Morgan fingerprint density at radius 2 is 1.39 bits per heavy atom. The largest absolute Gasteiger partial charge is 0.417 e. The number of pyridine rings is 3. The molecule has 2 aliphatic heterocycles. The van der Waals surface area contributed by atoms with E-state index in [9.17, 15) is 32.3 Å². The van der Waals surface area contributed by atoms with Crippen molar-refractivity contribution in [3.8, 4) is 0 Å². The predicted molar refractivity (Wildman–Crippen MR) is 264 cm³/mol. The van der Waals surface area contributed by atoms with E-state index in [2.05, 4.69) is 35.4 Å². The lowest BCUT2D eigenvalue weighted by atomic mass is 9.88. The molecule has 0 bridgehead atoms. The zero-order valence-electron chi connectivity index (χ0n) is 39.8. The normalized spacial score (nSPS) is 14.8. The molecule has 0 aliphatic carbocycles. The van der Waals surface area contributed by atoms with Crippen LogP contribution >= 0.6 is 0 Å². The number of carbonyl (C=O) groups excluding carboxylic acids is 3. The van der Waals surface area contributed by atoms with E-state index in [0.717, 1.165) is 72.2 Å². The van der Waals surface area contributed by atoms with Gasteiger partial charge in [0, 0.05) is 81.8 Å². The molecule has 18 heteroatoms. The number of amides is 3. The third-order valence-electron chi connectivity index (χ3n) is 13.0. The average molecular weight is 977 g/mol. The molecule has 2 fully saturated rings. The number of nitrogens with zero attached hydrogens (tertiary/aromatic N) is 5. The van der Waals surface area contributed by atoms with Crippen molar-refractivity contribution in [2.75, 3.05) is 96.9 Å². The van der Waals surface area contributed by atoms with Crippen molar-refractivity contribution in [1.29, 1.82) is 0 Å². The summed E-state index contributed by atoms with van der Waals surface area (Å²) in [5, 5.41) is 6.00. The molecular formula is C53H59F3N8O7. The first kappa shape index (κ1) is 50.7. The number of piperidine rings is 1. The van der Waals surface area contributed by atoms with Crippen molar-refractivity contribution in [1.82, 2.24) is 35.4 Å². The van der Waals surface area contributed by atoms with Gasteiger partial charge in [-0.15, -0.1) is 0 Å². The van der Waals surface area contributed by atoms with Gasteiger partial charge in [-0.2, -0.15) is 13.2 Å². The summed E-state index contributed by atoms with van der Waals surface area (Å²) in [6.07, 6.45) is 1.15. The number of hydrogen-bond acceptors (Lipinski definition) is 11. The molecule has 2 aliphatic rings. The Balaban J connectivity index is 0.631. The number of benzene rings is 3. The number of aryl methyl sites for hydroxylation is 1. The highest BCUT2D eigenvalue weighted by Crippen LogP contribution is 2.36. The minimum absolute atomic E-state index is 0.0138. The summed E-state index contributed by atoms with van der Waals surface area (Å²) < 4.78 is 57.6. The molecular weight excluding hydrogens is 918 g/mol. The number of alkyl halides is 3. The van der Waals surface area contributed by atoms with Gasteiger partial charge in [0.05, 0.1) is 68.1 Å². The summed E-state index contributed by atoms with van der Waals surface area (Å²) in [6.45, 7) is 9.69. The van der Waals surface area contributed by atoms with Crippen molar-refractivity contribution in [3.63, 3.8) is 0 Å². The van der Waals surface area contributed by atoms with Gasteiger partial charge in [-0.25, -0.2) is 4.98 Å². The van der Waals surface area contributed by atoms with Gasteiger partial charge in [0.1, 0.15) is 5.69 Å². The van der Waals surface area contributed by atoms with Crippen LogP contribution < -0.4 is 21.1 Å². The maximum atomic E-state index is 13.6. The number of hydrogen-bond donors (Lipinski definition) is 3. The number of piperazine rings is 1. The molecule has 0 saturated carbocycles. The number of likely N-dealkylation sites (tertiary alicyclic amines) is 1. The molecule has 8 rings (SSSR count). The summed E-state index contributed by atoms with van der Waals surface area (Å²) >= 11 is 0. The molecule has 3 amide bonds. The van der Waals surface area contributed by atoms with Gasteiger partial charge in [0.25, 0.3) is 23.3 Å². The summed E-state index contributed by atoms with van der Waals surface area (Å²) in [5.74, 6) is -0.589. The molecule has 5 heterocycles. The van der Waals surface area contributed by atoms with Crippen molar-refractivity contribution in [3.05, 3.63) is 147 Å². The zero-order chi connectivity index (χ0) is 49.7. The second kappa shape index (κ2) is 23.9. The van der Waals surface area contributed by atoms with Crippen LogP contribution in [0.15, 0.2) is 102 Å². The van der Waals surface area contributed by atoms with E-state index in [4.69, 9.17) is 14.2 Å². The Hall–Kier alpha value is -6.73. The van der Waals surface area contributed by atoms with Crippen LogP contribution in [0.2, 0.25) is 0 Å². The van der Waals surface area contributed by atoms with Crippen LogP contribution in [-0.2, 0) is 33.4 Å². The molecule has 0 radical (unpaired) electrons. The summed E-state index contributed by atoms with van der Waals surface area (Å²) in [5.41, 5.74) is 5.65. The average Bonchev–Trinajstić information content (AvgIpc) is 3.39. The maximum absolute atomic E-state index is 13.6. The van der Waals surface area contributed by atoms with Crippen LogP contribution in [-0.4, -0.2) is 134 Å². The summed E-state index contributed by atoms with van der Waals surface area (Å²) in [7, 11) is 0. The van der Waals surface area contributed by atoms with E-state index in [-0.39, 0.29) is 40.1 Å². The van der Waals surface area contributed by atoms with Crippen molar-refractivity contribution < 1.29 is 41.8 Å². The minimum atomic E-state index is -4.52. The SMILES string of the molecule is CCc1cc2ncc(CN3CCN(c4ccc(C(=O)NCCOCCOCCOCCNC(=O)c5ccc(C6CCN(C(=O)c7cccc8c(C(F)(F)F)cccc78)CC6)cc5)nc4)CC3)cc2[nH]c1=O. The van der Waals surface area contributed by atoms with Crippen LogP contribution in [0, 0.1) is 0 Å². The molecule has 3 N–H and O–H groups in total. The maximum Gasteiger partial charge on any atom is 0.417 e. The molecule has 374 valence electrons. The van der Waals surface area contributed by atoms with Crippen molar-refractivity contribution >= 4 is 45.2 Å². The van der Waals surface area contributed by atoms with Gasteiger partial charge in [-0.3, -0.25) is 29.1 Å². The quantitative estimate of drug-likeness (QED) is 0.0705. The van der Waals surface area contributed by atoms with Gasteiger partial charge in [-0.1, -0.05) is 43.3 Å². The third kappa shape index (κ3) is 13.2. The molecule has 15 nitrogen and oxygen atoms in total. The highest BCUT2D eigenvalue weighted by Gasteiger charge is 2.33. The predicted octanol–water partition coefficient (Wildman–Crippen LogP) is 6.60. The standard InChI is InChI=1S/C53H59F3N8O7/c1-2-37-32-47-48(61-50(37)66)31-36(33-59-47)35-62-21-23-63(24-22-62)41-13-14-46(60-34-41)51(67)58-18-26-70-28-30-71-29-27-69-25-17-57-49(65)40-11-9-38(10-12-40)39-15-19-64(20-16-39)52(68)44-7-3-6-43-42(44)5-4-8-45(43)53(54,55)56/h3-14,31-34,39H,2,15-30,35H2,1H3,(H,57,65)(H,58,67)(H,61,66). The Morgan fingerprint density at radius 1 is 0.732 bits per heavy atom. The molecule has 0 spiro atoms. The molecule has 6 aromatic rings. The Morgan fingerprint density at radius 3 is 2.06 bits per heavy atom. The van der Waals surface area contributed by atoms with E-state index < -0.39 is 11.7 Å². The second-order valence-electron chi connectivity index (χ2n) is 17.7. The monoisotopic (exact) mass is 976 g/mol. The van der Waals surface area contributed by atoms with E-state index in [1.54, 1.807) is 41.4 Å². The van der Waals surface area contributed by atoms with Crippen LogP contribution in [0.25, 0.3) is 21.8 Å². The lowest BCUT2D eigenvalue weighted by Gasteiger charge is -2.36. The smallest absolute Gasteiger partial charge is 0.377 e. The summed E-state index contributed by atoms with van der Waals surface area (Å²) in [4.78, 5) is 69.4. The fourth-order valence-corrected chi connectivity index (χ4v) is 9.09. The second-order valence-corrected chi connectivity index (χ2v) is 17.7. The van der Waals surface area contributed by atoms with E-state index in [1.807, 2.05) is 43.5 Å². The number of anilines is 1. The van der Waals surface area contributed by atoms with E-state index in [0.29, 0.717) is 102 Å². The van der Waals surface area contributed by atoms with Crippen LogP contribution in [0.3, 0.4) is 0 Å². The van der Waals surface area contributed by atoms with E-state index >= 15 is 0 Å². The Kier molecular flexibility index (Phi) is 17.1. The zero-order valence-corrected chi connectivity index (χ0v) is 39.8. The van der Waals surface area contributed by atoms with Crippen LogP contribution in [0.1, 0.15) is 79.1 Å². The molecule has 71 heavy (non-hydrogen) atoms. The van der Waals surface area contributed by atoms with E-state index in [1.165, 1.54) is 18.2 Å². The Labute approximate surface area is 409 Å². The number of H-pyrrole nitrogens is 1. The lowest BCUT2D eigenvalue weighted by Crippen LogP contribution is -2.46. The number of carbonyl (C=O) groups is 3. The number of aromatic amines is 1. The number of rotatable bonds is 20. The molecule has 0 unspecified atom stereocenters.